The summed E-state index contributed by atoms with van der Waals surface area (Å²) in [6.45, 7) is 1.36. The van der Waals surface area contributed by atoms with Crippen molar-refractivity contribution in [1.29, 1.82) is 0 Å². The number of hydrogen-bond donors (Lipinski definition) is 0. The van der Waals surface area contributed by atoms with Gasteiger partial charge in [0.25, 0.3) is 0 Å². The van der Waals surface area contributed by atoms with Crippen molar-refractivity contribution in [2.24, 2.45) is 0 Å². The Morgan fingerprint density at radius 2 is 1.92 bits per heavy atom. The van der Waals surface area contributed by atoms with Gasteiger partial charge in [0, 0.05) is 11.9 Å². The molecule has 1 rings (SSSR count). The molecule has 0 unspecified atom stereocenters. The second kappa shape index (κ2) is 5.60. The smallest absolute Gasteiger partial charge is 1.00 e. The summed E-state index contributed by atoms with van der Waals surface area (Å²) < 4.78 is 4.77. The van der Waals surface area contributed by atoms with Gasteiger partial charge in [0.2, 0.25) is 0 Å². The molecular weight excluding hydrogens is 187 g/mol. The van der Waals surface area contributed by atoms with Gasteiger partial charge in [-0.25, -0.2) is 0 Å². The molecule has 0 bridgehead atoms. The quantitative estimate of drug-likeness (QED) is 0.339. The van der Waals surface area contributed by atoms with E-state index in [0.29, 0.717) is 10.8 Å². The van der Waals surface area contributed by atoms with Gasteiger partial charge in [0.15, 0.2) is 0 Å². The minimum atomic E-state index is -0.327. The van der Waals surface area contributed by atoms with Gasteiger partial charge >= 0.3 is 35.5 Å². The largest absolute Gasteiger partial charge is 1.00 e. The molecule has 0 aliphatic heterocycles. The Bertz CT molecular complexity index is 263. The monoisotopic (exact) mass is 194 g/mol. The molecule has 1 aromatic rings. The number of ether oxygens (including phenoxy) is 1. The van der Waals surface area contributed by atoms with Gasteiger partial charge in [0.1, 0.15) is 5.75 Å². The van der Waals surface area contributed by atoms with Crippen molar-refractivity contribution < 1.29 is 40.5 Å². The molecule has 0 heterocycles. The number of rotatable bonds is 1. The average molecular weight is 195 g/mol. The molecule has 1 aromatic carbocycles. The molecule has 0 spiro atoms. The first kappa shape index (κ1) is 12.0. The van der Waals surface area contributed by atoms with E-state index in [9.17, 15) is 4.79 Å². The Hall–Kier alpha value is -0.0200. The first-order valence-corrected chi connectivity index (χ1v) is 3.50. The normalized spacial score (nSPS) is 8.50. The maximum Gasteiger partial charge on any atom is 1.00 e. The predicted octanol–water partition coefficient (Wildman–Crippen LogP) is -0.618. The third-order valence-corrected chi connectivity index (χ3v) is 1.33. The van der Waals surface area contributed by atoms with Crippen molar-refractivity contribution in [3.63, 3.8) is 0 Å². The first-order valence-electron chi connectivity index (χ1n) is 3.12. The van der Waals surface area contributed by atoms with Gasteiger partial charge in [0.05, 0.1) is 0 Å². The molecule has 0 saturated carbocycles. The van der Waals surface area contributed by atoms with Crippen LogP contribution in [0.2, 0.25) is 5.02 Å². The van der Waals surface area contributed by atoms with E-state index in [4.69, 9.17) is 16.3 Å². The Morgan fingerprint density at radius 1 is 1.42 bits per heavy atom. The minimum absolute atomic E-state index is 0. The van der Waals surface area contributed by atoms with Crippen LogP contribution in [0.3, 0.4) is 0 Å². The molecule has 0 aliphatic carbocycles. The third kappa shape index (κ3) is 4.12. The number of carbonyl (C=O) groups is 1. The molecule has 0 radical (unpaired) electrons. The number of esters is 1. The van der Waals surface area contributed by atoms with E-state index in [0.717, 1.165) is 0 Å². The zero-order valence-electron chi connectivity index (χ0n) is 8.00. The molecule has 12 heavy (non-hydrogen) atoms. The standard InChI is InChI=1S/C8H7ClO2.Na.H/c1-6(10)11-8-4-2-7(9)3-5-8;;/h2-5H,1H3;;/q;+1;-1. The van der Waals surface area contributed by atoms with Gasteiger partial charge < -0.3 is 6.16 Å². The van der Waals surface area contributed by atoms with Crippen LogP contribution < -0.4 is 34.3 Å². The maximum absolute atomic E-state index is 10.4. The van der Waals surface area contributed by atoms with Crippen LogP contribution in [0, 0.1) is 0 Å². The summed E-state index contributed by atoms with van der Waals surface area (Å²) in [5.74, 6) is 0.189. The zero-order chi connectivity index (χ0) is 8.27. The fourth-order valence-corrected chi connectivity index (χ4v) is 0.795. The van der Waals surface area contributed by atoms with Crippen LogP contribution in [0.1, 0.15) is 8.35 Å². The topological polar surface area (TPSA) is 26.3 Å². The molecule has 0 atom stereocenters. The van der Waals surface area contributed by atoms with Gasteiger partial charge in [-0.05, 0) is 24.3 Å². The fraction of sp³-hybridized carbons (Fsp3) is 0.125. The SMILES string of the molecule is CC(=O)Oc1ccc(Cl)cc1.[H-].[Na+]. The molecule has 0 amide bonds. The van der Waals surface area contributed by atoms with E-state index >= 15 is 0 Å². The van der Waals surface area contributed by atoms with Crippen molar-refractivity contribution in [3.05, 3.63) is 29.3 Å². The molecule has 0 N–H and O–H groups in total. The molecule has 60 valence electrons. The van der Waals surface area contributed by atoms with Crippen LogP contribution in [-0.4, -0.2) is 5.97 Å². The molecule has 0 aliphatic rings. The van der Waals surface area contributed by atoms with Crippen LogP contribution >= 0.6 is 11.6 Å². The third-order valence-electron chi connectivity index (χ3n) is 1.08. The van der Waals surface area contributed by atoms with E-state index in [-0.39, 0.29) is 37.0 Å². The summed E-state index contributed by atoms with van der Waals surface area (Å²) in [4.78, 5) is 10.4. The number of halogens is 1. The average Bonchev–Trinajstić information content (AvgIpc) is 1.93. The van der Waals surface area contributed by atoms with Gasteiger partial charge in [-0.1, -0.05) is 11.6 Å². The van der Waals surface area contributed by atoms with Crippen molar-refractivity contribution in [1.82, 2.24) is 0 Å². The second-order valence-corrected chi connectivity index (χ2v) is 2.48. The predicted molar refractivity (Wildman–Crippen MR) is 43.9 cm³/mol. The zero-order valence-corrected chi connectivity index (χ0v) is 9.76. The Labute approximate surface area is 99.6 Å². The van der Waals surface area contributed by atoms with Crippen molar-refractivity contribution >= 4 is 17.6 Å². The van der Waals surface area contributed by atoms with Crippen LogP contribution in [0.4, 0.5) is 0 Å². The van der Waals surface area contributed by atoms with E-state index in [2.05, 4.69) is 0 Å². The van der Waals surface area contributed by atoms with Gasteiger partial charge in [-0.15, -0.1) is 0 Å². The van der Waals surface area contributed by atoms with Crippen molar-refractivity contribution in [2.75, 3.05) is 0 Å². The van der Waals surface area contributed by atoms with Crippen LogP contribution in [0.5, 0.6) is 5.75 Å². The van der Waals surface area contributed by atoms with Crippen molar-refractivity contribution in [2.45, 2.75) is 6.92 Å². The molecule has 0 aromatic heterocycles. The van der Waals surface area contributed by atoms with E-state index in [1.165, 1.54) is 6.92 Å². The van der Waals surface area contributed by atoms with Crippen LogP contribution in [0.25, 0.3) is 0 Å². The number of hydrogen-bond acceptors (Lipinski definition) is 2. The summed E-state index contributed by atoms with van der Waals surface area (Å²) in [5.41, 5.74) is 0. The van der Waals surface area contributed by atoms with E-state index in [1.807, 2.05) is 0 Å². The molecule has 2 nitrogen and oxygen atoms in total. The molecule has 0 saturated heterocycles. The second-order valence-electron chi connectivity index (χ2n) is 2.05. The molecule has 4 heteroatoms. The van der Waals surface area contributed by atoms with E-state index < -0.39 is 0 Å². The van der Waals surface area contributed by atoms with E-state index in [1.54, 1.807) is 24.3 Å². The molecular formula is C8H8ClNaO2. The summed E-state index contributed by atoms with van der Waals surface area (Å²) >= 11 is 5.61. The molecule has 0 fully saturated rings. The summed E-state index contributed by atoms with van der Waals surface area (Å²) in [6, 6.07) is 6.62. The first-order chi connectivity index (χ1) is 5.18. The summed E-state index contributed by atoms with van der Waals surface area (Å²) in [6.07, 6.45) is 0. The van der Waals surface area contributed by atoms with Crippen molar-refractivity contribution in [3.8, 4) is 5.75 Å². The summed E-state index contributed by atoms with van der Waals surface area (Å²) in [5, 5.41) is 0.626. The number of benzene rings is 1. The fourth-order valence-electron chi connectivity index (χ4n) is 0.669. The number of carbonyl (C=O) groups excluding carboxylic acids is 1. The Kier molecular flexibility index (Phi) is 5.59. The van der Waals surface area contributed by atoms with Crippen LogP contribution in [-0.2, 0) is 4.79 Å². The Morgan fingerprint density at radius 3 is 2.33 bits per heavy atom. The van der Waals surface area contributed by atoms with Crippen LogP contribution in [0.15, 0.2) is 24.3 Å². The Balaban J connectivity index is 0. The summed E-state index contributed by atoms with van der Waals surface area (Å²) in [7, 11) is 0. The minimum Gasteiger partial charge on any atom is -1.00 e. The van der Waals surface area contributed by atoms with Gasteiger partial charge in [-0.3, -0.25) is 4.79 Å². The van der Waals surface area contributed by atoms with Gasteiger partial charge in [-0.2, -0.15) is 0 Å². The maximum atomic E-state index is 10.4.